The van der Waals surface area contributed by atoms with Gasteiger partial charge < -0.3 is 14.6 Å². The number of nitrogens with zero attached hydrogens (tertiary/aromatic N) is 2. The summed E-state index contributed by atoms with van der Waals surface area (Å²) >= 11 is 9.49. The minimum atomic E-state index is -0.0280. The molecule has 154 valence electrons. The first-order chi connectivity index (χ1) is 14.6. The predicted molar refractivity (Wildman–Crippen MR) is 126 cm³/mol. The van der Waals surface area contributed by atoms with E-state index < -0.39 is 0 Å². The first-order valence-corrected chi connectivity index (χ1v) is 11.7. The third kappa shape index (κ3) is 3.56. The van der Waals surface area contributed by atoms with Crippen LogP contribution in [0.3, 0.4) is 0 Å². The zero-order valence-electron chi connectivity index (χ0n) is 16.8. The highest BCUT2D eigenvalue weighted by Crippen LogP contribution is 2.44. The van der Waals surface area contributed by atoms with Gasteiger partial charge in [-0.05, 0) is 73.9 Å². The van der Waals surface area contributed by atoms with E-state index in [1.54, 1.807) is 0 Å². The molecule has 2 fully saturated rings. The fourth-order valence-corrected chi connectivity index (χ4v) is 5.80. The maximum absolute atomic E-state index is 6.47. The summed E-state index contributed by atoms with van der Waals surface area (Å²) < 4.78 is 7.50. The van der Waals surface area contributed by atoms with Crippen molar-refractivity contribution in [1.29, 1.82) is 0 Å². The van der Waals surface area contributed by atoms with Crippen molar-refractivity contribution in [3.63, 3.8) is 0 Å². The monoisotopic (exact) mass is 481 g/mol. The number of pyridine rings is 1. The van der Waals surface area contributed by atoms with Gasteiger partial charge in [-0.25, -0.2) is 0 Å². The third-order valence-electron chi connectivity index (χ3n) is 6.16. The standard InChI is InChI=1S/C24H24BrN3OS/c1-15-9-10-17(18(25)14-15)20-11-12-21(29-20)23-22(19-8-4-5-13-26-19)27-24(30)28(23)16-6-2-3-7-16/h4-5,8-14,16,22-23H,2-3,6-7H2,1H3,(H,27,30)/t22-,23-/m1/s1. The average molecular weight is 482 g/mol. The van der Waals surface area contributed by atoms with Gasteiger partial charge in [0.25, 0.3) is 0 Å². The molecule has 1 saturated heterocycles. The van der Waals surface area contributed by atoms with Crippen LogP contribution in [0, 0.1) is 6.92 Å². The lowest BCUT2D eigenvalue weighted by molar-refractivity contribution is 0.218. The molecule has 1 aromatic carbocycles. The lowest BCUT2D eigenvalue weighted by atomic mass is 10.0. The molecule has 3 aromatic rings. The zero-order chi connectivity index (χ0) is 20.7. The summed E-state index contributed by atoms with van der Waals surface area (Å²) in [6.45, 7) is 2.09. The quantitative estimate of drug-likeness (QED) is 0.441. The van der Waals surface area contributed by atoms with Crippen LogP contribution in [0.2, 0.25) is 0 Å². The molecule has 1 saturated carbocycles. The Morgan fingerprint density at radius 3 is 2.70 bits per heavy atom. The van der Waals surface area contributed by atoms with Crippen molar-refractivity contribution < 1.29 is 4.42 Å². The normalized spacial score (nSPS) is 21.9. The van der Waals surface area contributed by atoms with Crippen LogP contribution >= 0.6 is 28.1 Å². The summed E-state index contributed by atoms with van der Waals surface area (Å²) in [4.78, 5) is 6.99. The molecule has 2 atom stereocenters. The van der Waals surface area contributed by atoms with Gasteiger partial charge in [0.1, 0.15) is 17.6 Å². The summed E-state index contributed by atoms with van der Waals surface area (Å²) in [6.07, 6.45) is 6.69. The van der Waals surface area contributed by atoms with Crippen LogP contribution in [0.1, 0.15) is 54.8 Å². The van der Waals surface area contributed by atoms with Gasteiger partial charge in [-0.2, -0.15) is 0 Å². The summed E-state index contributed by atoms with van der Waals surface area (Å²) in [6, 6.07) is 16.9. The van der Waals surface area contributed by atoms with Crippen LogP contribution in [0.15, 0.2) is 63.6 Å². The highest BCUT2D eigenvalue weighted by atomic mass is 79.9. The molecular formula is C24H24BrN3OS. The van der Waals surface area contributed by atoms with Gasteiger partial charge >= 0.3 is 0 Å². The van der Waals surface area contributed by atoms with Crippen molar-refractivity contribution in [2.24, 2.45) is 0 Å². The Labute approximate surface area is 190 Å². The number of hydrogen-bond donors (Lipinski definition) is 1. The van der Waals surface area contributed by atoms with Crippen molar-refractivity contribution in [3.8, 4) is 11.3 Å². The second-order valence-electron chi connectivity index (χ2n) is 8.16. The molecule has 0 amide bonds. The van der Waals surface area contributed by atoms with Gasteiger partial charge in [0.2, 0.25) is 0 Å². The molecule has 0 spiro atoms. The molecule has 0 radical (unpaired) electrons. The van der Waals surface area contributed by atoms with E-state index in [1.165, 1.54) is 31.2 Å². The molecular weight excluding hydrogens is 458 g/mol. The average Bonchev–Trinajstić information content (AvgIpc) is 3.48. The van der Waals surface area contributed by atoms with Gasteiger partial charge in [0.05, 0.1) is 11.7 Å². The number of hydrogen-bond acceptors (Lipinski definition) is 3. The number of furan rings is 1. The van der Waals surface area contributed by atoms with E-state index in [2.05, 4.69) is 74.5 Å². The van der Waals surface area contributed by atoms with Crippen LogP contribution in [-0.2, 0) is 0 Å². The molecule has 5 rings (SSSR count). The Kier molecular flexibility index (Phi) is 5.37. The summed E-state index contributed by atoms with van der Waals surface area (Å²) in [7, 11) is 0. The Morgan fingerprint density at radius 2 is 1.97 bits per heavy atom. The van der Waals surface area contributed by atoms with E-state index in [9.17, 15) is 0 Å². The minimum absolute atomic E-state index is 0.00604. The van der Waals surface area contributed by atoms with Gasteiger partial charge in [-0.1, -0.05) is 40.9 Å². The lowest BCUT2D eigenvalue weighted by Crippen LogP contribution is -2.37. The molecule has 2 aromatic heterocycles. The van der Waals surface area contributed by atoms with Crippen molar-refractivity contribution in [2.75, 3.05) is 0 Å². The van der Waals surface area contributed by atoms with Gasteiger partial charge in [0.15, 0.2) is 5.11 Å². The Bertz CT molecular complexity index is 1060. The van der Waals surface area contributed by atoms with Crippen LogP contribution < -0.4 is 5.32 Å². The first-order valence-electron chi connectivity index (χ1n) is 10.5. The Balaban J connectivity index is 1.55. The minimum Gasteiger partial charge on any atom is -0.459 e. The largest absolute Gasteiger partial charge is 0.459 e. The number of aromatic nitrogens is 1. The number of nitrogens with one attached hydrogen (secondary N) is 1. The van der Waals surface area contributed by atoms with E-state index in [4.69, 9.17) is 16.6 Å². The molecule has 0 unspecified atom stereocenters. The van der Waals surface area contributed by atoms with Crippen molar-refractivity contribution in [2.45, 2.75) is 50.7 Å². The summed E-state index contributed by atoms with van der Waals surface area (Å²) in [5.74, 6) is 1.79. The van der Waals surface area contributed by atoms with Crippen LogP contribution in [0.5, 0.6) is 0 Å². The van der Waals surface area contributed by atoms with E-state index in [1.807, 2.05) is 18.3 Å². The molecule has 4 nitrogen and oxygen atoms in total. The number of benzene rings is 1. The zero-order valence-corrected chi connectivity index (χ0v) is 19.2. The van der Waals surface area contributed by atoms with E-state index >= 15 is 0 Å². The van der Waals surface area contributed by atoms with Crippen LogP contribution in [0.25, 0.3) is 11.3 Å². The molecule has 30 heavy (non-hydrogen) atoms. The molecule has 2 aliphatic rings. The fourth-order valence-electron chi connectivity index (χ4n) is 4.72. The molecule has 6 heteroatoms. The topological polar surface area (TPSA) is 41.3 Å². The third-order valence-corrected chi connectivity index (χ3v) is 7.15. The lowest BCUT2D eigenvalue weighted by Gasteiger charge is -2.31. The van der Waals surface area contributed by atoms with E-state index in [0.717, 1.165) is 32.4 Å². The molecule has 1 aliphatic heterocycles. The van der Waals surface area contributed by atoms with Crippen molar-refractivity contribution in [1.82, 2.24) is 15.2 Å². The highest BCUT2D eigenvalue weighted by Gasteiger charge is 2.45. The van der Waals surface area contributed by atoms with Gasteiger partial charge in [-0.3, -0.25) is 4.98 Å². The fraction of sp³-hybridized carbons (Fsp3) is 0.333. The Hall–Kier alpha value is -2.18. The molecule has 1 aliphatic carbocycles. The second kappa shape index (κ2) is 8.16. The summed E-state index contributed by atoms with van der Waals surface area (Å²) in [5, 5.41) is 4.34. The van der Waals surface area contributed by atoms with E-state index in [0.29, 0.717) is 6.04 Å². The highest BCUT2D eigenvalue weighted by molar-refractivity contribution is 9.10. The molecule has 1 N–H and O–H groups in total. The Morgan fingerprint density at radius 1 is 1.13 bits per heavy atom. The smallest absolute Gasteiger partial charge is 0.170 e. The maximum Gasteiger partial charge on any atom is 0.170 e. The number of aryl methyl sites for hydroxylation is 1. The SMILES string of the molecule is Cc1ccc(-c2ccc([C@@H]3[C@@H](c4ccccn4)NC(=S)N3C3CCCC3)o2)c(Br)c1. The van der Waals surface area contributed by atoms with Gasteiger partial charge in [0, 0.05) is 22.3 Å². The number of halogens is 1. The molecule has 0 bridgehead atoms. The number of rotatable bonds is 4. The predicted octanol–water partition coefficient (Wildman–Crippen LogP) is 6.33. The van der Waals surface area contributed by atoms with E-state index in [-0.39, 0.29) is 12.1 Å². The number of thiocarbonyl (C=S) groups is 1. The second-order valence-corrected chi connectivity index (χ2v) is 9.40. The summed E-state index contributed by atoms with van der Waals surface area (Å²) in [5.41, 5.74) is 3.26. The first kappa shape index (κ1) is 19.8. The van der Waals surface area contributed by atoms with Gasteiger partial charge in [-0.15, -0.1) is 0 Å². The van der Waals surface area contributed by atoms with Crippen LogP contribution in [0.4, 0.5) is 0 Å². The van der Waals surface area contributed by atoms with Crippen LogP contribution in [-0.4, -0.2) is 21.0 Å². The van der Waals surface area contributed by atoms with Crippen molar-refractivity contribution >= 4 is 33.3 Å². The molecule has 3 heterocycles. The maximum atomic E-state index is 6.47. The van der Waals surface area contributed by atoms with Crippen molar-refractivity contribution in [3.05, 3.63) is 76.2 Å².